The summed E-state index contributed by atoms with van der Waals surface area (Å²) in [5.74, 6) is -0.414. The zero-order chi connectivity index (χ0) is 6.36. The summed E-state index contributed by atoms with van der Waals surface area (Å²) in [5.41, 5.74) is 0. The van der Waals surface area contributed by atoms with Crippen molar-refractivity contribution in [3.05, 3.63) is 11.1 Å². The number of allylic oxidation sites excluding steroid dienone is 2. The van der Waals surface area contributed by atoms with Crippen molar-refractivity contribution in [2.75, 3.05) is 0 Å². The van der Waals surface area contributed by atoms with E-state index in [0.717, 1.165) is 0 Å². The van der Waals surface area contributed by atoms with Crippen molar-refractivity contribution in [1.82, 2.24) is 0 Å². The van der Waals surface area contributed by atoms with Gasteiger partial charge in [0.2, 0.25) is 10.1 Å². The van der Waals surface area contributed by atoms with Crippen LogP contribution in [0, 0.1) is 0 Å². The maximum Gasteiger partial charge on any atom is 0.213 e. The van der Waals surface area contributed by atoms with E-state index in [4.69, 9.17) is 34.8 Å². The fourth-order valence-corrected chi connectivity index (χ4v) is 1.31. The molecule has 0 heterocycles. The van der Waals surface area contributed by atoms with Gasteiger partial charge in [0.1, 0.15) is 0 Å². The average Bonchev–Trinajstić information content (AvgIpc) is 1.65. The van der Waals surface area contributed by atoms with Crippen molar-refractivity contribution >= 4 is 40.6 Å². The molecule has 0 saturated carbocycles. The molecule has 1 aliphatic carbocycles. The second-order valence-electron chi connectivity index (χ2n) is 1.44. The van der Waals surface area contributed by atoms with Crippen molar-refractivity contribution in [1.29, 1.82) is 0 Å². The lowest BCUT2D eigenvalue weighted by molar-refractivity contribution is -0.116. The molecular weight excluding hydrogens is 170 g/mol. The third-order valence-corrected chi connectivity index (χ3v) is 1.67. The van der Waals surface area contributed by atoms with Crippen molar-refractivity contribution in [2.24, 2.45) is 0 Å². The van der Waals surface area contributed by atoms with Gasteiger partial charge in [0.15, 0.2) is 0 Å². The number of halogens is 3. The second kappa shape index (κ2) is 1.63. The summed E-state index contributed by atoms with van der Waals surface area (Å²) in [6, 6.07) is 0. The Morgan fingerprint density at radius 2 is 2.00 bits per heavy atom. The van der Waals surface area contributed by atoms with Gasteiger partial charge >= 0.3 is 0 Å². The van der Waals surface area contributed by atoms with Crippen LogP contribution in [-0.4, -0.2) is 10.1 Å². The van der Waals surface area contributed by atoms with Crippen LogP contribution >= 0.6 is 34.8 Å². The van der Waals surface area contributed by atoms with Crippen LogP contribution in [0.4, 0.5) is 0 Å². The van der Waals surface area contributed by atoms with Gasteiger partial charge in [-0.15, -0.1) is 0 Å². The average molecular weight is 171 g/mol. The standard InChI is InChI=1S/C4HCl3O/c5-2-1-4(6,7)3(2)8/h1H. The summed E-state index contributed by atoms with van der Waals surface area (Å²) in [4.78, 5) is 10.4. The van der Waals surface area contributed by atoms with E-state index >= 15 is 0 Å². The lowest BCUT2D eigenvalue weighted by Crippen LogP contribution is -2.32. The van der Waals surface area contributed by atoms with Gasteiger partial charge in [0.25, 0.3) is 0 Å². The highest BCUT2D eigenvalue weighted by Gasteiger charge is 2.42. The predicted molar refractivity (Wildman–Crippen MR) is 33.4 cm³/mol. The van der Waals surface area contributed by atoms with E-state index < -0.39 is 10.1 Å². The Balaban J connectivity index is 2.90. The Kier molecular flexibility index (Phi) is 1.30. The number of rotatable bonds is 0. The molecule has 0 fully saturated rings. The van der Waals surface area contributed by atoms with Crippen molar-refractivity contribution in [3.63, 3.8) is 0 Å². The van der Waals surface area contributed by atoms with Crippen LogP contribution in [-0.2, 0) is 4.79 Å². The maximum atomic E-state index is 10.4. The Hall–Kier alpha value is 0.280. The first-order valence-electron chi connectivity index (χ1n) is 1.85. The molecule has 1 aliphatic rings. The molecule has 0 atom stereocenters. The molecule has 0 unspecified atom stereocenters. The van der Waals surface area contributed by atoms with E-state index in [2.05, 4.69) is 0 Å². The summed E-state index contributed by atoms with van der Waals surface area (Å²) in [6.07, 6.45) is 1.29. The number of carbonyl (C=O) groups excluding carboxylic acids is 1. The number of hydrogen-bond donors (Lipinski definition) is 0. The van der Waals surface area contributed by atoms with E-state index in [1.807, 2.05) is 0 Å². The van der Waals surface area contributed by atoms with Crippen LogP contribution in [0.1, 0.15) is 0 Å². The van der Waals surface area contributed by atoms with Gasteiger partial charge in [0, 0.05) is 0 Å². The molecule has 0 N–H and O–H groups in total. The molecule has 0 aliphatic heterocycles. The summed E-state index contributed by atoms with van der Waals surface area (Å²) >= 11 is 15.8. The molecular formula is C4HCl3O. The van der Waals surface area contributed by atoms with E-state index in [-0.39, 0.29) is 5.03 Å². The highest BCUT2D eigenvalue weighted by Crippen LogP contribution is 2.38. The van der Waals surface area contributed by atoms with E-state index in [1.54, 1.807) is 0 Å². The summed E-state index contributed by atoms with van der Waals surface area (Å²) in [5, 5.41) is 0.120. The van der Waals surface area contributed by atoms with Gasteiger partial charge in [-0.1, -0.05) is 34.8 Å². The van der Waals surface area contributed by atoms with Crippen molar-refractivity contribution in [3.8, 4) is 0 Å². The summed E-state index contributed by atoms with van der Waals surface area (Å²) < 4.78 is -1.34. The highest BCUT2D eigenvalue weighted by molar-refractivity contribution is 6.69. The molecule has 44 valence electrons. The Morgan fingerprint density at radius 1 is 1.50 bits per heavy atom. The van der Waals surface area contributed by atoms with Crippen molar-refractivity contribution < 1.29 is 4.79 Å². The van der Waals surface area contributed by atoms with Crippen LogP contribution in [0.25, 0.3) is 0 Å². The van der Waals surface area contributed by atoms with E-state index in [9.17, 15) is 4.79 Å². The Bertz CT molecular complexity index is 170. The number of hydrogen-bond acceptors (Lipinski definition) is 1. The minimum atomic E-state index is -1.34. The van der Waals surface area contributed by atoms with Crippen LogP contribution < -0.4 is 0 Å². The lowest BCUT2D eigenvalue weighted by Gasteiger charge is -2.21. The molecule has 8 heavy (non-hydrogen) atoms. The Morgan fingerprint density at radius 3 is 2.00 bits per heavy atom. The normalized spacial score (nSPS) is 24.4. The minimum absolute atomic E-state index is 0.120. The second-order valence-corrected chi connectivity index (χ2v) is 3.24. The fourth-order valence-electron chi connectivity index (χ4n) is 0.372. The van der Waals surface area contributed by atoms with Crippen LogP contribution in [0.3, 0.4) is 0 Å². The third-order valence-electron chi connectivity index (χ3n) is 0.828. The first-order chi connectivity index (χ1) is 3.54. The molecule has 0 aromatic carbocycles. The summed E-state index contributed by atoms with van der Waals surface area (Å²) in [7, 11) is 0. The van der Waals surface area contributed by atoms with Gasteiger partial charge < -0.3 is 0 Å². The van der Waals surface area contributed by atoms with E-state index in [1.165, 1.54) is 6.08 Å². The topological polar surface area (TPSA) is 17.1 Å². The van der Waals surface area contributed by atoms with Gasteiger partial charge in [-0.25, -0.2) is 0 Å². The van der Waals surface area contributed by atoms with Gasteiger partial charge in [-0.2, -0.15) is 0 Å². The highest BCUT2D eigenvalue weighted by atomic mass is 35.5. The number of carbonyl (C=O) groups is 1. The molecule has 0 aromatic rings. The van der Waals surface area contributed by atoms with Gasteiger partial charge in [-0.3, -0.25) is 4.79 Å². The van der Waals surface area contributed by atoms with Gasteiger partial charge in [-0.05, 0) is 6.08 Å². The quantitative estimate of drug-likeness (QED) is 0.509. The largest absolute Gasteiger partial charge is 0.289 e. The first-order valence-corrected chi connectivity index (χ1v) is 2.98. The predicted octanol–water partition coefficient (Wildman–Crippen LogP) is 1.87. The van der Waals surface area contributed by atoms with Crippen molar-refractivity contribution in [2.45, 2.75) is 4.33 Å². The zero-order valence-electron chi connectivity index (χ0n) is 3.62. The number of Topliss-reactive ketones (excluding diaryl/α,β-unsaturated/α-hetero) is 1. The van der Waals surface area contributed by atoms with Crippen LogP contribution in [0.15, 0.2) is 11.1 Å². The van der Waals surface area contributed by atoms with Crippen LogP contribution in [0.2, 0.25) is 0 Å². The molecule has 0 saturated heterocycles. The molecule has 0 bridgehead atoms. The van der Waals surface area contributed by atoms with Crippen LogP contribution in [0.5, 0.6) is 0 Å². The number of alkyl halides is 2. The zero-order valence-corrected chi connectivity index (χ0v) is 5.89. The third kappa shape index (κ3) is 0.750. The molecule has 1 rings (SSSR count). The molecule has 4 heteroatoms. The lowest BCUT2D eigenvalue weighted by atomic mass is 10.1. The molecule has 0 radical (unpaired) electrons. The first kappa shape index (κ1) is 6.40. The van der Waals surface area contributed by atoms with E-state index in [0.29, 0.717) is 0 Å². The fraction of sp³-hybridized carbons (Fsp3) is 0.250. The SMILES string of the molecule is O=C1C(Cl)=CC1(Cl)Cl. The number of ketones is 1. The van der Waals surface area contributed by atoms with Gasteiger partial charge in [0.05, 0.1) is 5.03 Å². The molecule has 0 spiro atoms. The monoisotopic (exact) mass is 170 g/mol. The molecule has 0 aromatic heterocycles. The Labute approximate surface area is 61.2 Å². The minimum Gasteiger partial charge on any atom is -0.289 e. The molecule has 1 nitrogen and oxygen atoms in total. The summed E-state index contributed by atoms with van der Waals surface area (Å²) in [6.45, 7) is 0. The maximum absolute atomic E-state index is 10.4. The smallest absolute Gasteiger partial charge is 0.213 e. The molecule has 0 amide bonds.